The quantitative estimate of drug-likeness (QED) is 0.299. The zero-order valence-electron chi connectivity index (χ0n) is 9.28. The van der Waals surface area contributed by atoms with E-state index in [1.807, 2.05) is 30.3 Å². The molecule has 1 heterocycles. The number of aromatic hydroxyl groups is 1. The van der Waals surface area contributed by atoms with E-state index in [1.165, 1.54) is 0 Å². The Balaban J connectivity index is 2.43. The zero-order chi connectivity index (χ0) is 12.5. The average molecular weight is 236 g/mol. The molecule has 1 aromatic heterocycles. The van der Waals surface area contributed by atoms with Gasteiger partial charge in [-0.1, -0.05) is 23.3 Å². The first-order valence-corrected chi connectivity index (χ1v) is 5.36. The normalized spacial score (nSPS) is 10.4. The molecule has 86 valence electrons. The molecule has 5 nitrogen and oxygen atoms in total. The lowest BCUT2D eigenvalue weighted by molar-refractivity contribution is 0.483. The van der Waals surface area contributed by atoms with Gasteiger partial charge in [0.15, 0.2) is 0 Å². The smallest absolute Gasteiger partial charge is 0.134 e. The van der Waals surface area contributed by atoms with Gasteiger partial charge in [0.2, 0.25) is 0 Å². The number of fused-ring (bicyclic) bond motifs is 2. The maximum absolute atomic E-state index is 10.0. The van der Waals surface area contributed by atoms with Crippen molar-refractivity contribution in [3.63, 3.8) is 0 Å². The number of azide groups is 1. The van der Waals surface area contributed by atoms with Crippen molar-refractivity contribution < 1.29 is 5.11 Å². The molecule has 0 spiro atoms. The van der Waals surface area contributed by atoms with Gasteiger partial charge in [0.1, 0.15) is 5.75 Å². The topological polar surface area (TPSA) is 81.9 Å². The van der Waals surface area contributed by atoms with Crippen LogP contribution in [0.3, 0.4) is 0 Å². The number of rotatable bonds is 1. The molecule has 0 radical (unpaired) electrons. The number of phenolic OH excluding ortho intramolecular Hbond substituents is 1. The van der Waals surface area contributed by atoms with Crippen LogP contribution in [0.15, 0.2) is 47.6 Å². The number of nitrogens with zero attached hydrogens (tertiary/aromatic N) is 4. The van der Waals surface area contributed by atoms with E-state index in [0.29, 0.717) is 10.9 Å². The van der Waals surface area contributed by atoms with Crippen molar-refractivity contribution >= 4 is 27.5 Å². The Morgan fingerprint density at radius 3 is 2.78 bits per heavy atom. The highest BCUT2D eigenvalue weighted by atomic mass is 16.3. The molecular weight excluding hydrogens is 228 g/mol. The van der Waals surface area contributed by atoms with Crippen molar-refractivity contribution in [2.24, 2.45) is 5.11 Å². The Labute approximate surface area is 102 Å². The largest absolute Gasteiger partial charge is 0.507 e. The zero-order valence-corrected chi connectivity index (χ0v) is 9.28. The van der Waals surface area contributed by atoms with Crippen molar-refractivity contribution in [2.75, 3.05) is 0 Å². The van der Waals surface area contributed by atoms with Crippen molar-refractivity contribution in [1.82, 2.24) is 4.98 Å². The van der Waals surface area contributed by atoms with Gasteiger partial charge in [0.25, 0.3) is 0 Å². The van der Waals surface area contributed by atoms with Gasteiger partial charge in [-0.2, -0.15) is 0 Å². The molecule has 0 atom stereocenters. The third-order valence-corrected chi connectivity index (χ3v) is 2.80. The van der Waals surface area contributed by atoms with Crippen LogP contribution < -0.4 is 0 Å². The molecule has 0 bridgehead atoms. The fourth-order valence-electron chi connectivity index (χ4n) is 1.95. The molecule has 0 aliphatic rings. The van der Waals surface area contributed by atoms with Crippen LogP contribution in [0.1, 0.15) is 0 Å². The maximum Gasteiger partial charge on any atom is 0.134 e. The Morgan fingerprint density at radius 2 is 1.94 bits per heavy atom. The number of para-hydroxylation sites is 1. The molecule has 5 heteroatoms. The molecular formula is C13H8N4O. The van der Waals surface area contributed by atoms with Gasteiger partial charge in [-0.05, 0) is 29.8 Å². The van der Waals surface area contributed by atoms with E-state index >= 15 is 0 Å². The molecule has 18 heavy (non-hydrogen) atoms. The second-order valence-corrected chi connectivity index (χ2v) is 3.87. The summed E-state index contributed by atoms with van der Waals surface area (Å²) < 4.78 is 0. The monoisotopic (exact) mass is 236 g/mol. The van der Waals surface area contributed by atoms with Gasteiger partial charge < -0.3 is 5.11 Å². The molecule has 0 aliphatic carbocycles. The van der Waals surface area contributed by atoms with E-state index in [-0.39, 0.29) is 11.4 Å². The highest BCUT2D eigenvalue weighted by molar-refractivity contribution is 5.98. The SMILES string of the molecule is [N-]=[N+]=Nc1ccc2nc3ccccc3cc2c1O. The van der Waals surface area contributed by atoms with E-state index in [9.17, 15) is 5.11 Å². The first-order chi connectivity index (χ1) is 8.79. The average Bonchev–Trinajstić information content (AvgIpc) is 2.41. The lowest BCUT2D eigenvalue weighted by atomic mass is 10.1. The summed E-state index contributed by atoms with van der Waals surface area (Å²) in [6.07, 6.45) is 0. The third kappa shape index (κ3) is 1.50. The number of pyridine rings is 1. The maximum atomic E-state index is 10.0. The molecule has 0 saturated carbocycles. The minimum Gasteiger partial charge on any atom is -0.507 e. The fraction of sp³-hybridized carbons (Fsp3) is 0. The van der Waals surface area contributed by atoms with E-state index in [2.05, 4.69) is 15.0 Å². The van der Waals surface area contributed by atoms with E-state index < -0.39 is 0 Å². The summed E-state index contributed by atoms with van der Waals surface area (Å²) in [6.45, 7) is 0. The second-order valence-electron chi connectivity index (χ2n) is 3.87. The first kappa shape index (κ1) is 10.4. The second kappa shape index (κ2) is 3.91. The van der Waals surface area contributed by atoms with Crippen molar-refractivity contribution in [1.29, 1.82) is 0 Å². The Morgan fingerprint density at radius 1 is 1.11 bits per heavy atom. The highest BCUT2D eigenvalue weighted by Crippen LogP contribution is 2.35. The van der Waals surface area contributed by atoms with Crippen LogP contribution in [-0.4, -0.2) is 10.1 Å². The van der Waals surface area contributed by atoms with Crippen LogP contribution in [0.5, 0.6) is 5.75 Å². The van der Waals surface area contributed by atoms with Gasteiger partial charge in [-0.3, -0.25) is 0 Å². The van der Waals surface area contributed by atoms with Gasteiger partial charge in [-0.15, -0.1) is 0 Å². The lowest BCUT2D eigenvalue weighted by Crippen LogP contribution is -1.82. The summed E-state index contributed by atoms with van der Waals surface area (Å²) in [6, 6.07) is 12.8. The van der Waals surface area contributed by atoms with Crippen LogP contribution in [0.2, 0.25) is 0 Å². The number of benzene rings is 2. The van der Waals surface area contributed by atoms with Crippen molar-refractivity contribution in [3.05, 3.63) is 52.9 Å². The number of phenols is 1. The summed E-state index contributed by atoms with van der Waals surface area (Å²) in [5.41, 5.74) is 10.2. The minimum atomic E-state index is -0.0384. The van der Waals surface area contributed by atoms with Gasteiger partial charge in [0.05, 0.1) is 16.7 Å². The van der Waals surface area contributed by atoms with E-state index in [1.54, 1.807) is 12.1 Å². The summed E-state index contributed by atoms with van der Waals surface area (Å²) in [5, 5.41) is 15.0. The Hall–Kier alpha value is -2.78. The van der Waals surface area contributed by atoms with Crippen LogP contribution in [0.4, 0.5) is 5.69 Å². The van der Waals surface area contributed by atoms with Crippen LogP contribution in [-0.2, 0) is 0 Å². The summed E-state index contributed by atoms with van der Waals surface area (Å²) in [7, 11) is 0. The number of hydrogen-bond donors (Lipinski definition) is 1. The molecule has 3 aromatic rings. The highest BCUT2D eigenvalue weighted by Gasteiger charge is 2.07. The molecule has 0 saturated heterocycles. The molecule has 0 unspecified atom stereocenters. The molecule has 0 fully saturated rings. The third-order valence-electron chi connectivity index (χ3n) is 2.80. The van der Waals surface area contributed by atoms with Crippen molar-refractivity contribution in [2.45, 2.75) is 0 Å². The van der Waals surface area contributed by atoms with Crippen LogP contribution >= 0.6 is 0 Å². The number of aromatic nitrogens is 1. The summed E-state index contributed by atoms with van der Waals surface area (Å²) in [5.74, 6) is -0.0384. The minimum absolute atomic E-state index is 0.0384. The predicted molar refractivity (Wildman–Crippen MR) is 69.7 cm³/mol. The van der Waals surface area contributed by atoms with Gasteiger partial charge in [-0.25, -0.2) is 4.98 Å². The Bertz CT molecular complexity index is 807. The summed E-state index contributed by atoms with van der Waals surface area (Å²) in [4.78, 5) is 7.13. The molecule has 3 rings (SSSR count). The number of hydrogen-bond acceptors (Lipinski definition) is 3. The van der Waals surface area contributed by atoms with Crippen LogP contribution in [0, 0.1) is 0 Å². The molecule has 0 amide bonds. The molecule has 1 N–H and O–H groups in total. The van der Waals surface area contributed by atoms with Crippen molar-refractivity contribution in [3.8, 4) is 5.75 Å². The van der Waals surface area contributed by atoms with Crippen LogP contribution in [0.25, 0.3) is 32.2 Å². The molecule has 0 aliphatic heterocycles. The van der Waals surface area contributed by atoms with Gasteiger partial charge >= 0.3 is 0 Å². The first-order valence-electron chi connectivity index (χ1n) is 5.36. The molecule has 2 aromatic carbocycles. The lowest BCUT2D eigenvalue weighted by Gasteiger charge is -2.05. The van der Waals surface area contributed by atoms with Gasteiger partial charge in [0, 0.05) is 15.7 Å². The summed E-state index contributed by atoms with van der Waals surface area (Å²) >= 11 is 0. The van der Waals surface area contributed by atoms with E-state index in [4.69, 9.17) is 5.53 Å². The Kier molecular flexibility index (Phi) is 2.25. The fourth-order valence-corrected chi connectivity index (χ4v) is 1.95. The predicted octanol–water partition coefficient (Wildman–Crippen LogP) is 4.04. The van der Waals surface area contributed by atoms with E-state index in [0.717, 1.165) is 10.9 Å². The standard InChI is InChI=1S/C13H8N4O/c14-17-16-12-6-5-11-9(13(12)18)7-8-3-1-2-4-10(8)15-11/h1-7,18H.